The summed E-state index contributed by atoms with van der Waals surface area (Å²) < 4.78 is 5.68. The molecule has 2 heteroatoms. The Hall–Kier alpha value is -0.860. The predicted octanol–water partition coefficient (Wildman–Crippen LogP) is 3.36. The van der Waals surface area contributed by atoms with Crippen molar-refractivity contribution in [2.24, 2.45) is 5.92 Å². The molecule has 0 aromatic heterocycles. The van der Waals surface area contributed by atoms with Gasteiger partial charge < -0.3 is 9.84 Å². The molecule has 0 spiro atoms. The zero-order valence-electron chi connectivity index (χ0n) is 11.4. The highest BCUT2D eigenvalue weighted by Gasteiger charge is 2.45. The van der Waals surface area contributed by atoms with Crippen LogP contribution in [0.4, 0.5) is 0 Å². The third-order valence-corrected chi connectivity index (χ3v) is 3.84. The summed E-state index contributed by atoms with van der Waals surface area (Å²) in [4.78, 5) is 0. The fourth-order valence-electron chi connectivity index (χ4n) is 2.80. The van der Waals surface area contributed by atoms with Gasteiger partial charge >= 0.3 is 0 Å². The average molecular weight is 248 g/mol. The van der Waals surface area contributed by atoms with Crippen LogP contribution in [0.2, 0.25) is 0 Å². The van der Waals surface area contributed by atoms with Gasteiger partial charge in [0.05, 0.1) is 12.2 Å². The monoisotopic (exact) mass is 248 g/mol. The lowest BCUT2D eigenvalue weighted by Gasteiger charge is -2.22. The van der Waals surface area contributed by atoms with Gasteiger partial charge in [-0.05, 0) is 37.2 Å². The van der Waals surface area contributed by atoms with Crippen molar-refractivity contribution >= 4 is 0 Å². The first-order chi connectivity index (χ1) is 8.77. The normalized spacial score (nSPS) is 25.7. The van der Waals surface area contributed by atoms with E-state index in [4.69, 9.17) is 4.74 Å². The van der Waals surface area contributed by atoms with Crippen molar-refractivity contribution in [3.8, 4) is 0 Å². The Labute approximate surface area is 110 Å². The molecule has 4 unspecified atom stereocenters. The van der Waals surface area contributed by atoms with Crippen molar-refractivity contribution in [2.75, 3.05) is 6.61 Å². The first kappa shape index (κ1) is 13.6. The van der Waals surface area contributed by atoms with Crippen molar-refractivity contribution in [1.82, 2.24) is 0 Å². The molecule has 0 heterocycles. The van der Waals surface area contributed by atoms with Gasteiger partial charge in [0.2, 0.25) is 0 Å². The molecule has 0 amide bonds. The number of benzene rings is 1. The van der Waals surface area contributed by atoms with Gasteiger partial charge in [-0.2, -0.15) is 0 Å². The molecule has 1 fully saturated rings. The van der Waals surface area contributed by atoms with E-state index in [1.807, 2.05) is 13.0 Å². The lowest BCUT2D eigenvalue weighted by molar-refractivity contribution is -0.0468. The van der Waals surface area contributed by atoms with Crippen molar-refractivity contribution < 1.29 is 9.84 Å². The van der Waals surface area contributed by atoms with Crippen LogP contribution in [0.3, 0.4) is 0 Å². The molecule has 1 saturated carbocycles. The van der Waals surface area contributed by atoms with Gasteiger partial charge in [0.1, 0.15) is 0 Å². The zero-order valence-corrected chi connectivity index (χ0v) is 11.4. The second-order valence-electron chi connectivity index (χ2n) is 5.19. The molecule has 0 radical (unpaired) electrons. The molecule has 1 aromatic carbocycles. The Morgan fingerprint density at radius 3 is 2.61 bits per heavy atom. The van der Waals surface area contributed by atoms with Crippen molar-refractivity contribution in [2.45, 2.75) is 51.2 Å². The molecule has 2 nitrogen and oxygen atoms in total. The third kappa shape index (κ3) is 3.12. The number of aliphatic hydroxyl groups excluding tert-OH is 1. The number of hydrogen-bond acceptors (Lipinski definition) is 2. The number of aliphatic hydroxyl groups is 1. The quantitative estimate of drug-likeness (QED) is 0.801. The second-order valence-corrected chi connectivity index (χ2v) is 5.19. The molecular weight excluding hydrogens is 224 g/mol. The number of ether oxygens (including phenoxy) is 1. The van der Waals surface area contributed by atoms with Crippen molar-refractivity contribution in [3.63, 3.8) is 0 Å². The molecule has 1 aliphatic carbocycles. The molecule has 1 aliphatic rings. The van der Waals surface area contributed by atoms with E-state index < -0.39 is 0 Å². The predicted molar refractivity (Wildman–Crippen MR) is 73.6 cm³/mol. The maximum absolute atomic E-state index is 10.4. The van der Waals surface area contributed by atoms with Crippen LogP contribution in [0.5, 0.6) is 0 Å². The molecular formula is C16H24O2. The highest BCUT2D eigenvalue weighted by molar-refractivity contribution is 5.26. The van der Waals surface area contributed by atoms with Gasteiger partial charge in [-0.3, -0.25) is 0 Å². The van der Waals surface area contributed by atoms with Crippen molar-refractivity contribution in [1.29, 1.82) is 0 Å². The summed E-state index contributed by atoms with van der Waals surface area (Å²) in [5.74, 6) is 0.913. The van der Waals surface area contributed by atoms with Gasteiger partial charge in [-0.15, -0.1) is 0 Å². The topological polar surface area (TPSA) is 29.5 Å². The molecule has 2 rings (SSSR count). The fourth-order valence-corrected chi connectivity index (χ4v) is 2.80. The zero-order chi connectivity index (χ0) is 13.0. The lowest BCUT2D eigenvalue weighted by Crippen LogP contribution is -2.31. The SMILES string of the molecule is CCCC(OCC)C(O)C1CC1c1ccccc1. The molecule has 18 heavy (non-hydrogen) atoms. The van der Waals surface area contributed by atoms with Gasteiger partial charge in [0.15, 0.2) is 0 Å². The summed E-state index contributed by atoms with van der Waals surface area (Å²) >= 11 is 0. The van der Waals surface area contributed by atoms with Crippen LogP contribution < -0.4 is 0 Å². The maximum atomic E-state index is 10.4. The van der Waals surface area contributed by atoms with Crippen LogP contribution in [0.15, 0.2) is 30.3 Å². The van der Waals surface area contributed by atoms with E-state index in [9.17, 15) is 5.11 Å². The highest BCUT2D eigenvalue weighted by Crippen LogP contribution is 2.50. The van der Waals surface area contributed by atoms with Gasteiger partial charge in [-0.1, -0.05) is 43.7 Å². The molecule has 0 aliphatic heterocycles. The minimum absolute atomic E-state index is 0.0127. The highest BCUT2D eigenvalue weighted by atomic mass is 16.5. The Kier molecular flexibility index (Phi) is 4.79. The first-order valence-corrected chi connectivity index (χ1v) is 7.12. The smallest absolute Gasteiger partial charge is 0.0836 e. The van der Waals surface area contributed by atoms with E-state index in [0.29, 0.717) is 18.4 Å². The summed E-state index contributed by atoms with van der Waals surface area (Å²) in [7, 11) is 0. The third-order valence-electron chi connectivity index (χ3n) is 3.84. The summed E-state index contributed by atoms with van der Waals surface area (Å²) in [6, 6.07) is 10.5. The van der Waals surface area contributed by atoms with E-state index in [1.54, 1.807) is 0 Å². The standard InChI is InChI=1S/C16H24O2/c1-3-8-15(18-4-2)16(17)14-11-13(14)12-9-6-5-7-10-12/h5-7,9-10,13-17H,3-4,8,11H2,1-2H3. The molecule has 100 valence electrons. The van der Waals surface area contributed by atoms with E-state index in [1.165, 1.54) is 5.56 Å². The lowest BCUT2D eigenvalue weighted by atomic mass is 10.0. The largest absolute Gasteiger partial charge is 0.390 e. The van der Waals surface area contributed by atoms with Crippen LogP contribution in [0, 0.1) is 5.92 Å². The molecule has 4 atom stereocenters. The first-order valence-electron chi connectivity index (χ1n) is 7.12. The number of hydrogen-bond donors (Lipinski definition) is 1. The summed E-state index contributed by atoms with van der Waals surface area (Å²) in [6.07, 6.45) is 2.81. The molecule has 1 N–H and O–H groups in total. The van der Waals surface area contributed by atoms with E-state index in [0.717, 1.165) is 19.3 Å². The average Bonchev–Trinajstić information content (AvgIpc) is 3.19. The molecule has 0 saturated heterocycles. The second kappa shape index (κ2) is 6.35. The van der Waals surface area contributed by atoms with Crippen molar-refractivity contribution in [3.05, 3.63) is 35.9 Å². The van der Waals surface area contributed by atoms with Gasteiger partial charge in [0, 0.05) is 6.61 Å². The minimum atomic E-state index is -0.310. The Balaban J connectivity index is 1.93. The van der Waals surface area contributed by atoms with Gasteiger partial charge in [0.25, 0.3) is 0 Å². The van der Waals surface area contributed by atoms with Crippen LogP contribution in [-0.4, -0.2) is 23.9 Å². The number of rotatable bonds is 7. The van der Waals surface area contributed by atoms with Crippen LogP contribution in [-0.2, 0) is 4.74 Å². The molecule has 0 bridgehead atoms. The van der Waals surface area contributed by atoms with E-state index in [-0.39, 0.29) is 12.2 Å². The van der Waals surface area contributed by atoms with E-state index in [2.05, 4.69) is 31.2 Å². The van der Waals surface area contributed by atoms with Crippen LogP contribution in [0.1, 0.15) is 44.6 Å². The minimum Gasteiger partial charge on any atom is -0.390 e. The Morgan fingerprint density at radius 1 is 1.28 bits per heavy atom. The van der Waals surface area contributed by atoms with Crippen LogP contribution in [0.25, 0.3) is 0 Å². The Morgan fingerprint density at radius 2 is 2.00 bits per heavy atom. The maximum Gasteiger partial charge on any atom is 0.0836 e. The van der Waals surface area contributed by atoms with Gasteiger partial charge in [-0.25, -0.2) is 0 Å². The Bertz CT molecular complexity index is 343. The van der Waals surface area contributed by atoms with E-state index >= 15 is 0 Å². The van der Waals surface area contributed by atoms with Crippen LogP contribution >= 0.6 is 0 Å². The molecule has 1 aromatic rings. The summed E-state index contributed by atoms with van der Waals surface area (Å²) in [5.41, 5.74) is 1.35. The summed E-state index contributed by atoms with van der Waals surface area (Å²) in [6.45, 7) is 4.82. The fraction of sp³-hybridized carbons (Fsp3) is 0.625. The summed E-state index contributed by atoms with van der Waals surface area (Å²) in [5, 5.41) is 10.4.